The fourth-order valence-electron chi connectivity index (χ4n) is 3.04. The first-order chi connectivity index (χ1) is 13.3. The van der Waals surface area contributed by atoms with E-state index in [-0.39, 0.29) is 17.7 Å². The Labute approximate surface area is 162 Å². The topological polar surface area (TPSA) is 80.4 Å². The minimum atomic E-state index is -2.89. The summed E-state index contributed by atoms with van der Waals surface area (Å²) in [6, 6.07) is 5.67. The number of hydrogen-bond acceptors (Lipinski definition) is 4. The lowest BCUT2D eigenvalue weighted by Crippen LogP contribution is -2.28. The van der Waals surface area contributed by atoms with Crippen molar-refractivity contribution in [2.45, 2.75) is 46.3 Å². The first kappa shape index (κ1) is 21.4. The molecule has 1 aromatic carbocycles. The van der Waals surface area contributed by atoms with E-state index in [9.17, 15) is 18.4 Å². The maximum absolute atomic E-state index is 12.8. The molecule has 152 valence electrons. The van der Waals surface area contributed by atoms with Crippen molar-refractivity contribution in [1.82, 2.24) is 10.3 Å². The smallest absolute Gasteiger partial charge is 0.387 e. The van der Waals surface area contributed by atoms with E-state index in [1.807, 2.05) is 6.92 Å². The highest BCUT2D eigenvalue weighted by molar-refractivity contribution is 6.00. The molecule has 1 amide bonds. The van der Waals surface area contributed by atoms with Gasteiger partial charge in [0.05, 0.1) is 18.7 Å². The van der Waals surface area contributed by atoms with Crippen molar-refractivity contribution in [2.75, 3.05) is 7.11 Å². The van der Waals surface area contributed by atoms with Crippen molar-refractivity contribution in [1.29, 1.82) is 0 Å². The summed E-state index contributed by atoms with van der Waals surface area (Å²) in [6.45, 7) is 2.56. The number of hydrogen-bond donors (Lipinski definition) is 2. The highest BCUT2D eigenvalue weighted by Crippen LogP contribution is 2.24. The van der Waals surface area contributed by atoms with Crippen LogP contribution in [0.2, 0.25) is 0 Å². The summed E-state index contributed by atoms with van der Waals surface area (Å²) in [5.41, 5.74) is 2.63. The van der Waals surface area contributed by atoms with Crippen LogP contribution in [0.25, 0.3) is 0 Å². The normalized spacial score (nSPS) is 12.0. The fraction of sp³-hybridized carbons (Fsp3) is 0.400. The maximum atomic E-state index is 12.8. The Hall–Kier alpha value is -2.90. The lowest BCUT2D eigenvalue weighted by atomic mass is 10.0. The largest absolute Gasteiger partial charge is 0.465 e. The summed E-state index contributed by atoms with van der Waals surface area (Å²) >= 11 is 0. The molecule has 0 spiro atoms. The predicted octanol–water partition coefficient (Wildman–Crippen LogP) is 4.15. The van der Waals surface area contributed by atoms with Gasteiger partial charge >= 0.3 is 12.6 Å². The molecule has 8 heteroatoms. The first-order valence-corrected chi connectivity index (χ1v) is 8.93. The van der Waals surface area contributed by atoms with Gasteiger partial charge in [0.15, 0.2) is 0 Å². The van der Waals surface area contributed by atoms with Gasteiger partial charge in [-0.3, -0.25) is 4.79 Å². The number of H-pyrrole nitrogens is 1. The predicted molar refractivity (Wildman–Crippen MR) is 99.8 cm³/mol. The summed E-state index contributed by atoms with van der Waals surface area (Å²) < 4.78 is 33.6. The molecule has 1 heterocycles. The van der Waals surface area contributed by atoms with E-state index < -0.39 is 12.6 Å². The maximum Gasteiger partial charge on any atom is 0.387 e. The molecule has 6 nitrogen and oxygen atoms in total. The van der Waals surface area contributed by atoms with Crippen molar-refractivity contribution in [3.63, 3.8) is 0 Å². The summed E-state index contributed by atoms with van der Waals surface area (Å²) in [4.78, 5) is 27.9. The fourth-order valence-corrected chi connectivity index (χ4v) is 3.04. The number of nitrogens with one attached hydrogen (secondary N) is 2. The van der Waals surface area contributed by atoms with Gasteiger partial charge < -0.3 is 19.8 Å². The molecule has 0 fully saturated rings. The minimum Gasteiger partial charge on any atom is -0.465 e. The highest BCUT2D eigenvalue weighted by Gasteiger charge is 2.25. The number of amides is 1. The monoisotopic (exact) mass is 394 g/mol. The van der Waals surface area contributed by atoms with Crippen molar-refractivity contribution in [3.8, 4) is 5.75 Å². The average molecular weight is 394 g/mol. The Bertz CT molecular complexity index is 831. The number of halogens is 2. The van der Waals surface area contributed by atoms with Crippen LogP contribution in [-0.2, 0) is 11.2 Å². The Morgan fingerprint density at radius 2 is 1.86 bits per heavy atom. The third kappa shape index (κ3) is 4.88. The van der Waals surface area contributed by atoms with E-state index in [4.69, 9.17) is 4.74 Å². The van der Waals surface area contributed by atoms with E-state index in [2.05, 4.69) is 15.0 Å². The van der Waals surface area contributed by atoms with Crippen molar-refractivity contribution in [3.05, 3.63) is 52.3 Å². The Balaban J connectivity index is 2.21. The number of benzene rings is 1. The first-order valence-electron chi connectivity index (χ1n) is 8.93. The van der Waals surface area contributed by atoms with E-state index in [1.165, 1.54) is 19.2 Å². The number of carbonyl (C=O) groups is 2. The summed E-state index contributed by atoms with van der Waals surface area (Å²) in [6.07, 6.45) is 1.30. The van der Waals surface area contributed by atoms with E-state index in [0.717, 1.165) is 12.0 Å². The van der Waals surface area contributed by atoms with Crippen molar-refractivity contribution < 1.29 is 27.8 Å². The van der Waals surface area contributed by atoms with Gasteiger partial charge in [-0.05, 0) is 43.5 Å². The van der Waals surface area contributed by atoms with Crippen LogP contribution in [0.1, 0.15) is 64.0 Å². The third-order valence-corrected chi connectivity index (χ3v) is 4.36. The van der Waals surface area contributed by atoms with Gasteiger partial charge in [-0.2, -0.15) is 8.78 Å². The molecule has 0 saturated carbocycles. The number of rotatable bonds is 8. The van der Waals surface area contributed by atoms with Crippen molar-refractivity contribution >= 4 is 11.9 Å². The zero-order valence-corrected chi connectivity index (χ0v) is 16.3. The molecular weight excluding hydrogens is 370 g/mol. The Morgan fingerprint density at radius 1 is 1.21 bits per heavy atom. The van der Waals surface area contributed by atoms with Gasteiger partial charge in [-0.1, -0.05) is 25.5 Å². The van der Waals surface area contributed by atoms with Crippen LogP contribution in [0, 0.1) is 6.92 Å². The Morgan fingerprint density at radius 3 is 2.39 bits per heavy atom. The number of ether oxygens (including phenoxy) is 2. The van der Waals surface area contributed by atoms with E-state index >= 15 is 0 Å². The molecule has 0 saturated heterocycles. The molecule has 0 bridgehead atoms. The van der Waals surface area contributed by atoms with E-state index in [1.54, 1.807) is 26.0 Å². The van der Waals surface area contributed by atoms with E-state index in [0.29, 0.717) is 28.9 Å². The van der Waals surface area contributed by atoms with Gasteiger partial charge in [0.25, 0.3) is 5.91 Å². The van der Waals surface area contributed by atoms with Crippen molar-refractivity contribution in [2.24, 2.45) is 0 Å². The van der Waals surface area contributed by atoms with Crippen LogP contribution < -0.4 is 10.1 Å². The molecule has 28 heavy (non-hydrogen) atoms. The second kappa shape index (κ2) is 9.34. The number of alkyl halides is 2. The van der Waals surface area contributed by atoms with Gasteiger partial charge in [0.1, 0.15) is 11.4 Å². The zero-order chi connectivity index (χ0) is 20.8. The van der Waals surface area contributed by atoms with Gasteiger partial charge in [0.2, 0.25) is 0 Å². The number of carbonyl (C=O) groups excluding carboxylic acids is 2. The molecule has 0 aliphatic heterocycles. The lowest BCUT2D eigenvalue weighted by molar-refractivity contribution is -0.0498. The third-order valence-electron chi connectivity index (χ3n) is 4.36. The van der Waals surface area contributed by atoms with Crippen LogP contribution in [0.5, 0.6) is 5.75 Å². The quantitative estimate of drug-likeness (QED) is 0.659. The SMILES string of the molecule is CCCc1c(C(=O)NC(C)c2ccc(OC(F)F)cc2)[nH]c(C)c1C(=O)OC. The number of aromatic nitrogens is 1. The molecule has 1 atom stereocenters. The van der Waals surface area contributed by atoms with Gasteiger partial charge in [-0.25, -0.2) is 4.79 Å². The molecular formula is C20H24F2N2O4. The second-order valence-corrected chi connectivity index (χ2v) is 6.36. The van der Waals surface area contributed by atoms with Crippen LogP contribution in [0.4, 0.5) is 8.78 Å². The summed E-state index contributed by atoms with van der Waals surface area (Å²) in [5.74, 6) is -0.800. The number of methoxy groups -OCH3 is 1. The molecule has 1 aromatic heterocycles. The average Bonchev–Trinajstić information content (AvgIpc) is 2.97. The molecule has 0 aliphatic rings. The van der Waals surface area contributed by atoms with Crippen LogP contribution >= 0.6 is 0 Å². The van der Waals surface area contributed by atoms with Gasteiger partial charge in [0, 0.05) is 5.69 Å². The number of aryl methyl sites for hydroxylation is 1. The van der Waals surface area contributed by atoms with Gasteiger partial charge in [-0.15, -0.1) is 0 Å². The minimum absolute atomic E-state index is 0.0465. The highest BCUT2D eigenvalue weighted by atomic mass is 19.3. The second-order valence-electron chi connectivity index (χ2n) is 6.36. The van der Waals surface area contributed by atoms with Crippen LogP contribution in [0.3, 0.4) is 0 Å². The molecule has 2 aromatic rings. The number of aromatic amines is 1. The molecule has 1 unspecified atom stereocenters. The molecule has 0 radical (unpaired) electrons. The zero-order valence-electron chi connectivity index (χ0n) is 16.3. The summed E-state index contributed by atoms with van der Waals surface area (Å²) in [7, 11) is 1.30. The van der Waals surface area contributed by atoms with Crippen LogP contribution in [-0.4, -0.2) is 30.6 Å². The number of esters is 1. The molecule has 2 N–H and O–H groups in total. The van der Waals surface area contributed by atoms with Crippen LogP contribution in [0.15, 0.2) is 24.3 Å². The molecule has 2 rings (SSSR count). The lowest BCUT2D eigenvalue weighted by Gasteiger charge is -2.15. The molecule has 0 aliphatic carbocycles. The Kier molecular flexibility index (Phi) is 7.14. The standard InChI is InChI=1S/C20H24F2N2O4/c1-5-6-15-16(19(26)27-4)12(3)23-17(15)18(25)24-11(2)13-7-9-14(10-8-13)28-20(21)22/h7-11,20,23H,5-6H2,1-4H3,(H,24,25). The summed E-state index contributed by atoms with van der Waals surface area (Å²) in [5, 5.41) is 2.86.